The molecule has 24 heavy (non-hydrogen) atoms. The molecule has 0 aliphatic carbocycles. The fourth-order valence-corrected chi connectivity index (χ4v) is 3.36. The van der Waals surface area contributed by atoms with Crippen molar-refractivity contribution in [2.75, 3.05) is 18.0 Å². The minimum atomic E-state index is -0.894. The Kier molecular flexibility index (Phi) is 4.49. The summed E-state index contributed by atoms with van der Waals surface area (Å²) >= 11 is 0. The average Bonchev–Trinajstić information content (AvgIpc) is 2.78. The Hall–Kier alpha value is -2.47. The highest BCUT2D eigenvalue weighted by Crippen LogP contribution is 2.36. The number of aliphatic hydroxyl groups is 1. The molecular formula is C18H21N3O3. The molecular weight excluding hydrogens is 306 g/mol. The van der Waals surface area contributed by atoms with Gasteiger partial charge in [-0.05, 0) is 37.8 Å². The largest absolute Gasteiger partial charge is 0.385 e. The van der Waals surface area contributed by atoms with Crippen LogP contribution in [0.15, 0.2) is 42.6 Å². The van der Waals surface area contributed by atoms with Crippen molar-refractivity contribution in [1.29, 1.82) is 0 Å². The molecule has 0 spiro atoms. The molecule has 2 heterocycles. The number of anilines is 1. The van der Waals surface area contributed by atoms with Crippen LogP contribution >= 0.6 is 0 Å². The van der Waals surface area contributed by atoms with Crippen LogP contribution < -0.4 is 4.90 Å². The average molecular weight is 327 g/mol. The molecule has 0 saturated carbocycles. The number of nitro groups is 1. The second kappa shape index (κ2) is 6.57. The maximum absolute atomic E-state index is 11.4. The van der Waals surface area contributed by atoms with Crippen molar-refractivity contribution in [3.63, 3.8) is 0 Å². The molecule has 0 unspecified atom stereocenters. The molecule has 2 aromatic rings. The lowest BCUT2D eigenvalue weighted by Gasteiger charge is -2.27. The van der Waals surface area contributed by atoms with Gasteiger partial charge in [0.25, 0.3) is 0 Å². The number of hydrogen-bond donors (Lipinski definition) is 1. The topological polar surface area (TPSA) is 79.5 Å². The van der Waals surface area contributed by atoms with Gasteiger partial charge < -0.3 is 10.0 Å². The van der Waals surface area contributed by atoms with Crippen molar-refractivity contribution >= 4 is 11.5 Å². The quantitative estimate of drug-likeness (QED) is 0.692. The first-order valence-electron chi connectivity index (χ1n) is 8.14. The Balaban J connectivity index is 1.87. The lowest BCUT2D eigenvalue weighted by molar-refractivity contribution is -0.384. The Morgan fingerprint density at radius 3 is 2.67 bits per heavy atom. The van der Waals surface area contributed by atoms with Crippen LogP contribution in [0.4, 0.5) is 11.5 Å². The number of nitrogens with zero attached hydrogens (tertiary/aromatic N) is 3. The van der Waals surface area contributed by atoms with Gasteiger partial charge in [-0.1, -0.05) is 30.3 Å². The fourth-order valence-electron chi connectivity index (χ4n) is 3.36. The summed E-state index contributed by atoms with van der Waals surface area (Å²) in [5, 5.41) is 22.4. The summed E-state index contributed by atoms with van der Waals surface area (Å²) in [5.41, 5.74) is 0.669. The van der Waals surface area contributed by atoms with Crippen molar-refractivity contribution in [2.45, 2.75) is 31.8 Å². The van der Waals surface area contributed by atoms with E-state index < -0.39 is 5.60 Å². The highest BCUT2D eigenvalue weighted by atomic mass is 16.6. The molecule has 3 rings (SSSR count). The normalized spacial score (nSPS) is 21.3. The molecule has 6 nitrogen and oxygen atoms in total. The summed E-state index contributed by atoms with van der Waals surface area (Å²) in [4.78, 5) is 17.2. The van der Waals surface area contributed by atoms with E-state index in [4.69, 9.17) is 0 Å². The Labute approximate surface area is 140 Å². The third-order valence-electron chi connectivity index (χ3n) is 4.71. The van der Waals surface area contributed by atoms with Crippen LogP contribution in [-0.4, -0.2) is 28.1 Å². The van der Waals surface area contributed by atoms with Crippen molar-refractivity contribution in [3.8, 4) is 0 Å². The first kappa shape index (κ1) is 16.4. The number of hydrogen-bond acceptors (Lipinski definition) is 5. The van der Waals surface area contributed by atoms with E-state index in [0.717, 1.165) is 12.0 Å². The molecule has 1 aliphatic rings. The molecule has 0 bridgehead atoms. The van der Waals surface area contributed by atoms with E-state index in [1.54, 1.807) is 19.2 Å². The van der Waals surface area contributed by atoms with Crippen molar-refractivity contribution in [1.82, 2.24) is 4.98 Å². The molecule has 1 aromatic heterocycles. The zero-order valence-electron chi connectivity index (χ0n) is 13.7. The molecule has 6 heteroatoms. The van der Waals surface area contributed by atoms with Crippen molar-refractivity contribution in [2.24, 2.45) is 0 Å². The third-order valence-corrected chi connectivity index (χ3v) is 4.71. The number of aromatic nitrogens is 1. The van der Waals surface area contributed by atoms with E-state index in [1.165, 1.54) is 0 Å². The molecule has 126 valence electrons. The Morgan fingerprint density at radius 1 is 1.21 bits per heavy atom. The zero-order valence-corrected chi connectivity index (χ0v) is 13.7. The number of aryl methyl sites for hydroxylation is 1. The third kappa shape index (κ3) is 3.10. The second-order valence-electron chi connectivity index (χ2n) is 6.30. The molecule has 1 fully saturated rings. The summed E-state index contributed by atoms with van der Waals surface area (Å²) in [5.74, 6) is 0.400. The molecule has 1 N–H and O–H groups in total. The van der Waals surface area contributed by atoms with Gasteiger partial charge in [0.05, 0.1) is 10.5 Å². The first-order chi connectivity index (χ1) is 11.5. The molecule has 1 aromatic carbocycles. The summed E-state index contributed by atoms with van der Waals surface area (Å²) in [6.45, 7) is 2.90. The Bertz CT molecular complexity index is 736. The number of benzene rings is 1. The van der Waals surface area contributed by atoms with E-state index in [0.29, 0.717) is 37.3 Å². The minimum absolute atomic E-state index is 0.0580. The van der Waals surface area contributed by atoms with Gasteiger partial charge in [0.1, 0.15) is 0 Å². The molecule has 1 aliphatic heterocycles. The fraction of sp³-hybridized carbons (Fsp3) is 0.389. The highest BCUT2D eigenvalue weighted by Gasteiger charge is 2.34. The standard InChI is InChI=1S/C18H21N3O3/c1-14-8-11-19-17(16(14)21(23)24)20-12-5-9-18(22,10-13-20)15-6-3-2-4-7-15/h2-4,6-8,11,22H,5,9-10,12-13H2,1H3/t18-/m0/s1. The SMILES string of the molecule is Cc1ccnc(N2CCC[C@@](O)(c3ccccc3)CC2)c1[N+](=O)[O-]. The van der Waals surface area contributed by atoms with E-state index in [1.807, 2.05) is 35.2 Å². The minimum Gasteiger partial charge on any atom is -0.385 e. The van der Waals surface area contributed by atoms with Crippen LogP contribution in [0.3, 0.4) is 0 Å². The first-order valence-corrected chi connectivity index (χ1v) is 8.14. The molecule has 0 amide bonds. The van der Waals surface area contributed by atoms with Gasteiger partial charge in [-0.2, -0.15) is 0 Å². The van der Waals surface area contributed by atoms with Crippen molar-refractivity contribution in [3.05, 3.63) is 63.8 Å². The van der Waals surface area contributed by atoms with Crippen LogP contribution in [0.25, 0.3) is 0 Å². The van der Waals surface area contributed by atoms with Crippen LogP contribution in [0.5, 0.6) is 0 Å². The van der Waals surface area contributed by atoms with E-state index in [9.17, 15) is 15.2 Å². The lowest BCUT2D eigenvalue weighted by Crippen LogP contribution is -2.30. The zero-order chi connectivity index (χ0) is 17.2. The van der Waals surface area contributed by atoms with Gasteiger partial charge in [0.2, 0.25) is 5.82 Å². The predicted molar refractivity (Wildman–Crippen MR) is 92.0 cm³/mol. The molecule has 1 atom stereocenters. The monoisotopic (exact) mass is 327 g/mol. The van der Waals surface area contributed by atoms with E-state index in [2.05, 4.69) is 4.98 Å². The van der Waals surface area contributed by atoms with Gasteiger partial charge in [0.15, 0.2) is 0 Å². The second-order valence-corrected chi connectivity index (χ2v) is 6.30. The molecule has 1 saturated heterocycles. The van der Waals surface area contributed by atoms with Crippen LogP contribution in [-0.2, 0) is 5.60 Å². The summed E-state index contributed by atoms with van der Waals surface area (Å²) in [6, 6.07) is 11.3. The lowest BCUT2D eigenvalue weighted by atomic mass is 9.87. The maximum atomic E-state index is 11.4. The summed E-state index contributed by atoms with van der Waals surface area (Å²) < 4.78 is 0. The maximum Gasteiger partial charge on any atom is 0.314 e. The van der Waals surface area contributed by atoms with E-state index >= 15 is 0 Å². The van der Waals surface area contributed by atoms with Crippen LogP contribution in [0, 0.1) is 17.0 Å². The van der Waals surface area contributed by atoms with Gasteiger partial charge in [-0.3, -0.25) is 10.1 Å². The number of pyridine rings is 1. The van der Waals surface area contributed by atoms with Gasteiger partial charge in [-0.15, -0.1) is 0 Å². The van der Waals surface area contributed by atoms with Crippen LogP contribution in [0.1, 0.15) is 30.4 Å². The van der Waals surface area contributed by atoms with Crippen LogP contribution in [0.2, 0.25) is 0 Å². The van der Waals surface area contributed by atoms with E-state index in [-0.39, 0.29) is 10.6 Å². The predicted octanol–water partition coefficient (Wildman–Crippen LogP) is 3.18. The van der Waals surface area contributed by atoms with Gasteiger partial charge in [-0.25, -0.2) is 4.98 Å². The summed E-state index contributed by atoms with van der Waals surface area (Å²) in [7, 11) is 0. The van der Waals surface area contributed by atoms with Crippen molar-refractivity contribution < 1.29 is 10.0 Å². The van der Waals surface area contributed by atoms with Gasteiger partial charge >= 0.3 is 5.69 Å². The molecule has 0 radical (unpaired) electrons. The summed E-state index contributed by atoms with van der Waals surface area (Å²) in [6.07, 6.45) is 3.50. The smallest absolute Gasteiger partial charge is 0.314 e. The van der Waals surface area contributed by atoms with Gasteiger partial charge in [0, 0.05) is 24.8 Å². The highest BCUT2D eigenvalue weighted by molar-refractivity contribution is 5.61. The number of rotatable bonds is 3. The Morgan fingerprint density at radius 2 is 1.96 bits per heavy atom.